The fourth-order valence-electron chi connectivity index (χ4n) is 1.69. The number of hydrogen-bond acceptors (Lipinski definition) is 3. The molecule has 8 heteroatoms. The molecule has 0 aromatic rings. The number of hydrogen-bond donors (Lipinski definition) is 1. The number of esters is 1. The number of carbonyl (C=O) groups excluding carboxylic acids is 1. The van der Waals surface area contributed by atoms with Crippen LogP contribution in [0.5, 0.6) is 0 Å². The number of alkyl halides is 5. The Balaban J connectivity index is 5.75. The molecule has 0 spiro atoms. The van der Waals surface area contributed by atoms with E-state index in [0.29, 0.717) is 19.9 Å². The minimum Gasteiger partial charge on any atom is -0.450 e. The van der Waals surface area contributed by atoms with Gasteiger partial charge in [-0.2, -0.15) is 22.0 Å². The quantitative estimate of drug-likeness (QED) is 0.465. The Morgan fingerprint density at radius 2 is 1.70 bits per heavy atom. The van der Waals surface area contributed by atoms with E-state index >= 15 is 0 Å². The molecule has 20 heavy (non-hydrogen) atoms. The molecule has 0 heterocycles. The van der Waals surface area contributed by atoms with Gasteiger partial charge in [-0.3, -0.25) is 0 Å². The summed E-state index contributed by atoms with van der Waals surface area (Å²) in [5.41, 5.74) is -7.16. The van der Waals surface area contributed by atoms with Gasteiger partial charge in [-0.15, -0.1) is 0 Å². The predicted octanol–water partition coefficient (Wildman–Crippen LogP) is 3.22. The zero-order valence-electron chi connectivity index (χ0n) is 11.4. The molecule has 1 N–H and O–H groups in total. The van der Waals surface area contributed by atoms with Gasteiger partial charge in [0.1, 0.15) is 0 Å². The number of halogens is 5. The summed E-state index contributed by atoms with van der Waals surface area (Å²) < 4.78 is 71.1. The van der Waals surface area contributed by atoms with Crippen LogP contribution in [0.4, 0.5) is 22.0 Å². The highest BCUT2D eigenvalue weighted by atomic mass is 19.4. The summed E-state index contributed by atoms with van der Waals surface area (Å²) in [4.78, 5) is 11.0. The second kappa shape index (κ2) is 5.67. The monoisotopic (exact) mass is 304 g/mol. The van der Waals surface area contributed by atoms with Crippen molar-refractivity contribution in [2.45, 2.75) is 56.9 Å². The van der Waals surface area contributed by atoms with E-state index in [4.69, 9.17) is 0 Å². The summed E-state index contributed by atoms with van der Waals surface area (Å²) in [5, 5.41) is 9.50. The van der Waals surface area contributed by atoms with Crippen LogP contribution in [0.25, 0.3) is 0 Å². The summed E-state index contributed by atoms with van der Waals surface area (Å²) >= 11 is 0. The molecule has 118 valence electrons. The average molecular weight is 304 g/mol. The number of aliphatic hydroxyl groups is 1. The number of rotatable bonds is 6. The first-order chi connectivity index (χ1) is 8.77. The van der Waals surface area contributed by atoms with Gasteiger partial charge in [-0.25, -0.2) is 4.79 Å². The first-order valence-corrected chi connectivity index (χ1v) is 5.79. The summed E-state index contributed by atoms with van der Waals surface area (Å²) in [6.07, 6.45) is -6.59. The molecule has 0 aliphatic heterocycles. The molecule has 0 amide bonds. The highest BCUT2D eigenvalue weighted by molar-refractivity contribution is 5.81. The van der Waals surface area contributed by atoms with Gasteiger partial charge in [0.15, 0.2) is 5.60 Å². The van der Waals surface area contributed by atoms with Gasteiger partial charge in [-0.1, -0.05) is 19.9 Å². The largest absolute Gasteiger partial charge is 0.450 e. The standard InChI is InChI=1S/C12H17F5O3/c1-5-7-10(19,12(15,16)17)11(13,14)9(3,4)20-8(18)6-2/h6,19H,2,5,7H2,1,3-4H3. The summed E-state index contributed by atoms with van der Waals surface area (Å²) in [5.74, 6) is -6.05. The normalized spacial score (nSPS) is 16.4. The lowest BCUT2D eigenvalue weighted by atomic mass is 9.80. The third-order valence-corrected chi connectivity index (χ3v) is 2.88. The molecule has 0 aromatic carbocycles. The maximum atomic E-state index is 14.1. The molecule has 1 atom stereocenters. The Hall–Kier alpha value is -1.18. The van der Waals surface area contributed by atoms with Crippen LogP contribution in [-0.4, -0.2) is 34.4 Å². The van der Waals surface area contributed by atoms with E-state index in [2.05, 4.69) is 11.3 Å². The molecule has 0 saturated heterocycles. The van der Waals surface area contributed by atoms with Gasteiger partial charge >= 0.3 is 18.1 Å². The van der Waals surface area contributed by atoms with Gasteiger partial charge < -0.3 is 9.84 Å². The first kappa shape index (κ1) is 18.8. The maximum absolute atomic E-state index is 14.1. The van der Waals surface area contributed by atoms with Crippen molar-refractivity contribution >= 4 is 5.97 Å². The maximum Gasteiger partial charge on any atom is 0.423 e. The van der Waals surface area contributed by atoms with Crippen LogP contribution in [0.1, 0.15) is 33.6 Å². The molecule has 0 aliphatic rings. The highest BCUT2D eigenvalue weighted by Crippen LogP contribution is 2.50. The van der Waals surface area contributed by atoms with Gasteiger partial charge in [-0.05, 0) is 20.3 Å². The third-order valence-electron chi connectivity index (χ3n) is 2.88. The first-order valence-electron chi connectivity index (χ1n) is 5.79. The summed E-state index contributed by atoms with van der Waals surface area (Å²) in [7, 11) is 0. The third kappa shape index (κ3) is 3.11. The Morgan fingerprint density at radius 1 is 1.25 bits per heavy atom. The van der Waals surface area contributed by atoms with E-state index < -0.39 is 35.7 Å². The van der Waals surface area contributed by atoms with E-state index in [9.17, 15) is 31.9 Å². The molecule has 0 rings (SSSR count). The minimum atomic E-state index is -5.58. The summed E-state index contributed by atoms with van der Waals surface area (Å²) in [6.45, 7) is 5.38. The average Bonchev–Trinajstić information content (AvgIpc) is 2.26. The molecular weight excluding hydrogens is 287 g/mol. The SMILES string of the molecule is C=CC(=O)OC(C)(C)C(F)(F)C(O)(CCC)C(F)(F)F. The lowest BCUT2D eigenvalue weighted by Crippen LogP contribution is -2.67. The number of carbonyl (C=O) groups is 1. The fourth-order valence-corrected chi connectivity index (χ4v) is 1.69. The lowest BCUT2D eigenvalue weighted by molar-refractivity contribution is -0.365. The molecule has 3 nitrogen and oxygen atoms in total. The predicted molar refractivity (Wildman–Crippen MR) is 61.2 cm³/mol. The fraction of sp³-hybridized carbons (Fsp3) is 0.750. The van der Waals surface area contributed by atoms with Crippen molar-refractivity contribution in [3.8, 4) is 0 Å². The zero-order valence-corrected chi connectivity index (χ0v) is 11.4. The van der Waals surface area contributed by atoms with Gasteiger partial charge in [0.05, 0.1) is 0 Å². The zero-order chi connectivity index (χ0) is 16.4. The molecule has 1 unspecified atom stereocenters. The highest BCUT2D eigenvalue weighted by Gasteiger charge is 2.74. The van der Waals surface area contributed by atoms with Gasteiger partial charge in [0, 0.05) is 6.08 Å². The van der Waals surface area contributed by atoms with Gasteiger partial charge in [0.25, 0.3) is 0 Å². The van der Waals surface area contributed by atoms with Crippen LogP contribution in [0.2, 0.25) is 0 Å². The molecule has 0 saturated carbocycles. The molecule has 0 fully saturated rings. The second-order valence-corrected chi connectivity index (χ2v) is 4.82. The molecule has 0 aromatic heterocycles. The minimum absolute atomic E-state index is 0.336. The van der Waals surface area contributed by atoms with E-state index in [1.807, 2.05) is 0 Å². The van der Waals surface area contributed by atoms with E-state index in [1.165, 1.54) is 6.92 Å². The Labute approximate surface area is 113 Å². The van der Waals surface area contributed by atoms with Crippen LogP contribution >= 0.6 is 0 Å². The van der Waals surface area contributed by atoms with Crippen LogP contribution in [0, 0.1) is 0 Å². The van der Waals surface area contributed by atoms with Crippen molar-refractivity contribution in [2.75, 3.05) is 0 Å². The molecule has 0 bridgehead atoms. The molecule has 0 aliphatic carbocycles. The topological polar surface area (TPSA) is 46.5 Å². The Bertz CT molecular complexity index is 376. The van der Waals surface area contributed by atoms with Crippen molar-refractivity contribution < 1.29 is 36.6 Å². The van der Waals surface area contributed by atoms with E-state index in [1.54, 1.807) is 0 Å². The van der Waals surface area contributed by atoms with Gasteiger partial charge in [0.2, 0.25) is 5.60 Å². The number of ether oxygens (including phenoxy) is 1. The van der Waals surface area contributed by atoms with E-state index in [-0.39, 0.29) is 6.42 Å². The van der Waals surface area contributed by atoms with Crippen molar-refractivity contribution in [1.29, 1.82) is 0 Å². The molecular formula is C12H17F5O3. The van der Waals surface area contributed by atoms with Crippen molar-refractivity contribution in [2.24, 2.45) is 0 Å². The smallest absolute Gasteiger partial charge is 0.423 e. The van der Waals surface area contributed by atoms with Crippen molar-refractivity contribution in [3.63, 3.8) is 0 Å². The second-order valence-electron chi connectivity index (χ2n) is 4.82. The Morgan fingerprint density at radius 3 is 2.00 bits per heavy atom. The van der Waals surface area contributed by atoms with Crippen LogP contribution < -0.4 is 0 Å². The van der Waals surface area contributed by atoms with Crippen molar-refractivity contribution in [3.05, 3.63) is 12.7 Å². The lowest BCUT2D eigenvalue weighted by Gasteiger charge is -2.44. The molecule has 0 radical (unpaired) electrons. The van der Waals surface area contributed by atoms with Crippen LogP contribution in [-0.2, 0) is 9.53 Å². The van der Waals surface area contributed by atoms with E-state index in [0.717, 1.165) is 0 Å². The van der Waals surface area contributed by atoms with Crippen LogP contribution in [0.15, 0.2) is 12.7 Å². The van der Waals surface area contributed by atoms with Crippen molar-refractivity contribution in [1.82, 2.24) is 0 Å². The van der Waals surface area contributed by atoms with Crippen LogP contribution in [0.3, 0.4) is 0 Å². The summed E-state index contributed by atoms with van der Waals surface area (Å²) in [6, 6.07) is 0. The Kier molecular flexibility index (Phi) is 5.33.